The Balaban J connectivity index is 0.00000144. The number of nitrogens with one attached hydrogen (secondary N) is 2. The van der Waals surface area contributed by atoms with Crippen molar-refractivity contribution in [1.82, 2.24) is 5.32 Å². The van der Waals surface area contributed by atoms with Gasteiger partial charge in [-0.2, -0.15) is 0 Å². The zero-order chi connectivity index (χ0) is 11.4. The molecule has 1 aliphatic heterocycles. The Morgan fingerprint density at radius 3 is 3.00 bits per heavy atom. The standard InChI is InChI=1S/C12H15BrN2O.ClH/c13-9-3-1-4-11(7-9)15-12(16)8-10-5-2-6-14-10;/h1,3-4,7,10,14H,2,5-6,8H2,(H,15,16);1H. The first-order valence-corrected chi connectivity index (χ1v) is 6.32. The molecule has 2 rings (SSSR count). The van der Waals surface area contributed by atoms with Crippen LogP contribution in [0.2, 0.25) is 0 Å². The Labute approximate surface area is 116 Å². The maximum atomic E-state index is 11.7. The van der Waals surface area contributed by atoms with Gasteiger partial charge in [-0.15, -0.1) is 12.4 Å². The topological polar surface area (TPSA) is 41.1 Å². The van der Waals surface area contributed by atoms with Crippen LogP contribution in [0.15, 0.2) is 28.7 Å². The van der Waals surface area contributed by atoms with Crippen LogP contribution in [0.3, 0.4) is 0 Å². The van der Waals surface area contributed by atoms with E-state index in [1.165, 1.54) is 6.42 Å². The number of benzene rings is 1. The first-order valence-electron chi connectivity index (χ1n) is 5.53. The first kappa shape index (κ1) is 14.5. The smallest absolute Gasteiger partial charge is 0.225 e. The Hall–Kier alpha value is -0.580. The monoisotopic (exact) mass is 318 g/mol. The van der Waals surface area contributed by atoms with Crippen LogP contribution in [-0.2, 0) is 4.79 Å². The van der Waals surface area contributed by atoms with E-state index in [0.717, 1.165) is 23.1 Å². The van der Waals surface area contributed by atoms with Gasteiger partial charge in [0.1, 0.15) is 0 Å². The van der Waals surface area contributed by atoms with Gasteiger partial charge in [-0.1, -0.05) is 22.0 Å². The van der Waals surface area contributed by atoms with Gasteiger partial charge in [0.2, 0.25) is 5.91 Å². The minimum Gasteiger partial charge on any atom is -0.326 e. The zero-order valence-corrected chi connectivity index (χ0v) is 11.8. The Kier molecular flexibility index (Phi) is 5.95. The molecular formula is C12H16BrClN2O. The lowest BCUT2D eigenvalue weighted by Crippen LogP contribution is -2.27. The molecule has 1 amide bonds. The summed E-state index contributed by atoms with van der Waals surface area (Å²) in [5, 5.41) is 6.22. The van der Waals surface area contributed by atoms with Crippen molar-refractivity contribution < 1.29 is 4.79 Å². The molecule has 1 aromatic rings. The number of carbonyl (C=O) groups excluding carboxylic acids is 1. The molecule has 1 atom stereocenters. The molecule has 0 saturated carbocycles. The van der Waals surface area contributed by atoms with E-state index in [2.05, 4.69) is 26.6 Å². The van der Waals surface area contributed by atoms with Gasteiger partial charge in [-0.05, 0) is 37.6 Å². The van der Waals surface area contributed by atoms with Gasteiger partial charge < -0.3 is 10.6 Å². The number of amides is 1. The van der Waals surface area contributed by atoms with Crippen molar-refractivity contribution in [3.63, 3.8) is 0 Å². The number of hydrogen-bond acceptors (Lipinski definition) is 2. The molecular weight excluding hydrogens is 304 g/mol. The molecule has 1 saturated heterocycles. The summed E-state index contributed by atoms with van der Waals surface area (Å²) >= 11 is 3.38. The number of anilines is 1. The molecule has 1 fully saturated rings. The lowest BCUT2D eigenvalue weighted by Gasteiger charge is -2.10. The van der Waals surface area contributed by atoms with E-state index in [0.29, 0.717) is 12.5 Å². The van der Waals surface area contributed by atoms with Crippen molar-refractivity contribution in [2.45, 2.75) is 25.3 Å². The number of halogens is 2. The first-order chi connectivity index (χ1) is 7.74. The number of rotatable bonds is 3. The predicted octanol–water partition coefficient (Wildman–Crippen LogP) is 2.95. The quantitative estimate of drug-likeness (QED) is 0.899. The summed E-state index contributed by atoms with van der Waals surface area (Å²) < 4.78 is 0.976. The van der Waals surface area contributed by atoms with E-state index in [1.807, 2.05) is 24.3 Å². The summed E-state index contributed by atoms with van der Waals surface area (Å²) in [6, 6.07) is 8.00. The van der Waals surface area contributed by atoms with Crippen molar-refractivity contribution in [1.29, 1.82) is 0 Å². The normalized spacial score (nSPS) is 18.5. The fraction of sp³-hybridized carbons (Fsp3) is 0.417. The van der Waals surface area contributed by atoms with E-state index < -0.39 is 0 Å². The van der Waals surface area contributed by atoms with Crippen LogP contribution in [0, 0.1) is 0 Å². The molecule has 0 aromatic heterocycles. The molecule has 5 heteroatoms. The summed E-state index contributed by atoms with van der Waals surface area (Å²) in [4.78, 5) is 11.7. The molecule has 0 bridgehead atoms. The molecule has 17 heavy (non-hydrogen) atoms. The molecule has 0 spiro atoms. The molecule has 1 aliphatic rings. The maximum Gasteiger partial charge on any atom is 0.225 e. The van der Waals surface area contributed by atoms with E-state index in [4.69, 9.17) is 0 Å². The van der Waals surface area contributed by atoms with Crippen molar-refractivity contribution in [2.24, 2.45) is 0 Å². The summed E-state index contributed by atoms with van der Waals surface area (Å²) in [7, 11) is 0. The second-order valence-corrected chi connectivity index (χ2v) is 4.97. The highest BCUT2D eigenvalue weighted by atomic mass is 79.9. The Bertz CT molecular complexity index is 381. The molecule has 3 nitrogen and oxygen atoms in total. The Morgan fingerprint density at radius 2 is 2.35 bits per heavy atom. The van der Waals surface area contributed by atoms with Gasteiger partial charge in [0, 0.05) is 22.6 Å². The molecule has 1 heterocycles. The summed E-state index contributed by atoms with van der Waals surface area (Å²) in [6.45, 7) is 1.04. The third-order valence-corrected chi connectivity index (χ3v) is 3.20. The highest BCUT2D eigenvalue weighted by Gasteiger charge is 2.17. The average Bonchev–Trinajstić information content (AvgIpc) is 2.70. The van der Waals surface area contributed by atoms with Gasteiger partial charge in [0.05, 0.1) is 0 Å². The van der Waals surface area contributed by atoms with Gasteiger partial charge in [-0.3, -0.25) is 4.79 Å². The van der Waals surface area contributed by atoms with E-state index in [1.54, 1.807) is 0 Å². The fourth-order valence-corrected chi connectivity index (χ4v) is 2.33. The third-order valence-electron chi connectivity index (χ3n) is 2.70. The zero-order valence-electron chi connectivity index (χ0n) is 9.41. The average molecular weight is 320 g/mol. The van der Waals surface area contributed by atoms with Crippen molar-refractivity contribution >= 4 is 39.9 Å². The van der Waals surface area contributed by atoms with Crippen LogP contribution in [0.1, 0.15) is 19.3 Å². The van der Waals surface area contributed by atoms with E-state index >= 15 is 0 Å². The summed E-state index contributed by atoms with van der Waals surface area (Å²) in [6.07, 6.45) is 2.84. The van der Waals surface area contributed by atoms with Crippen LogP contribution < -0.4 is 10.6 Å². The summed E-state index contributed by atoms with van der Waals surface area (Å²) in [5.74, 6) is 0.0810. The van der Waals surface area contributed by atoms with Crippen LogP contribution >= 0.6 is 28.3 Å². The van der Waals surface area contributed by atoms with Crippen LogP contribution in [0.25, 0.3) is 0 Å². The molecule has 94 valence electrons. The second kappa shape index (κ2) is 6.99. The van der Waals surface area contributed by atoms with Crippen molar-refractivity contribution in [2.75, 3.05) is 11.9 Å². The molecule has 0 radical (unpaired) electrons. The van der Waals surface area contributed by atoms with E-state index in [-0.39, 0.29) is 18.3 Å². The fourth-order valence-electron chi connectivity index (χ4n) is 1.93. The summed E-state index contributed by atoms with van der Waals surface area (Å²) in [5.41, 5.74) is 0.845. The van der Waals surface area contributed by atoms with E-state index in [9.17, 15) is 4.79 Å². The Morgan fingerprint density at radius 1 is 1.53 bits per heavy atom. The maximum absolute atomic E-state index is 11.7. The largest absolute Gasteiger partial charge is 0.326 e. The van der Waals surface area contributed by atoms with Gasteiger partial charge in [0.25, 0.3) is 0 Å². The van der Waals surface area contributed by atoms with Gasteiger partial charge >= 0.3 is 0 Å². The number of hydrogen-bond donors (Lipinski definition) is 2. The minimum absolute atomic E-state index is 0. The third kappa shape index (κ3) is 4.66. The van der Waals surface area contributed by atoms with Crippen LogP contribution in [0.4, 0.5) is 5.69 Å². The van der Waals surface area contributed by atoms with Crippen molar-refractivity contribution in [3.8, 4) is 0 Å². The molecule has 1 unspecified atom stereocenters. The predicted molar refractivity (Wildman–Crippen MR) is 75.7 cm³/mol. The molecule has 1 aromatic carbocycles. The lowest BCUT2D eigenvalue weighted by molar-refractivity contribution is -0.116. The number of carbonyl (C=O) groups is 1. The minimum atomic E-state index is 0. The van der Waals surface area contributed by atoms with Crippen LogP contribution in [0.5, 0.6) is 0 Å². The molecule has 2 N–H and O–H groups in total. The second-order valence-electron chi connectivity index (χ2n) is 4.06. The lowest BCUT2D eigenvalue weighted by atomic mass is 10.1. The van der Waals surface area contributed by atoms with Crippen LogP contribution in [-0.4, -0.2) is 18.5 Å². The van der Waals surface area contributed by atoms with Gasteiger partial charge in [0.15, 0.2) is 0 Å². The van der Waals surface area contributed by atoms with Gasteiger partial charge in [-0.25, -0.2) is 0 Å². The van der Waals surface area contributed by atoms with Crippen molar-refractivity contribution in [3.05, 3.63) is 28.7 Å². The highest BCUT2D eigenvalue weighted by molar-refractivity contribution is 9.10. The SMILES string of the molecule is Cl.O=C(CC1CCCN1)Nc1cccc(Br)c1. The highest BCUT2D eigenvalue weighted by Crippen LogP contribution is 2.16. The molecule has 0 aliphatic carbocycles.